The summed E-state index contributed by atoms with van der Waals surface area (Å²) < 4.78 is 0. The third-order valence-electron chi connectivity index (χ3n) is 5.02. The highest BCUT2D eigenvalue weighted by Crippen LogP contribution is 2.37. The molecule has 3 unspecified atom stereocenters. The number of aliphatic carboxylic acids is 1. The molecule has 104 valence electrons. The Hall–Kier alpha value is -0.570. The molecule has 2 fully saturated rings. The summed E-state index contributed by atoms with van der Waals surface area (Å²) >= 11 is 0. The first-order chi connectivity index (χ1) is 8.39. The Kier molecular flexibility index (Phi) is 4.00. The Morgan fingerprint density at radius 2 is 1.83 bits per heavy atom. The normalized spacial score (nSPS) is 37.4. The summed E-state index contributed by atoms with van der Waals surface area (Å²) in [5, 5.41) is 9.40. The van der Waals surface area contributed by atoms with E-state index < -0.39 is 5.97 Å². The summed E-state index contributed by atoms with van der Waals surface area (Å²) in [4.78, 5) is 13.9. The summed E-state index contributed by atoms with van der Waals surface area (Å²) in [5.74, 6) is -0.0420. The number of carboxylic acids is 1. The predicted molar refractivity (Wildman–Crippen MR) is 72.5 cm³/mol. The topological polar surface area (TPSA) is 40.5 Å². The second kappa shape index (κ2) is 5.20. The van der Waals surface area contributed by atoms with Crippen LogP contribution in [0.5, 0.6) is 0 Å². The van der Waals surface area contributed by atoms with Gasteiger partial charge in [-0.3, -0.25) is 9.69 Å². The number of hydrogen-bond acceptors (Lipinski definition) is 2. The highest BCUT2D eigenvalue weighted by molar-refractivity contribution is 5.71. The SMILES string of the molecule is CC1CCC(C(=O)O)C(N2CCC(C)(C)CC2)C1. The van der Waals surface area contributed by atoms with E-state index in [0.29, 0.717) is 11.3 Å². The van der Waals surface area contributed by atoms with Crippen LogP contribution in [-0.2, 0) is 4.79 Å². The smallest absolute Gasteiger partial charge is 0.308 e. The number of likely N-dealkylation sites (tertiary alicyclic amines) is 1. The molecule has 1 heterocycles. The predicted octanol–water partition coefficient (Wildman–Crippen LogP) is 3.00. The van der Waals surface area contributed by atoms with Crippen molar-refractivity contribution in [2.24, 2.45) is 17.3 Å². The fourth-order valence-electron chi connectivity index (χ4n) is 3.50. The van der Waals surface area contributed by atoms with Crippen molar-refractivity contribution in [2.75, 3.05) is 13.1 Å². The number of hydrogen-bond donors (Lipinski definition) is 1. The van der Waals surface area contributed by atoms with E-state index in [1.165, 1.54) is 12.8 Å². The molecule has 2 aliphatic rings. The first-order valence-corrected chi connectivity index (χ1v) is 7.36. The van der Waals surface area contributed by atoms with Gasteiger partial charge in [0.2, 0.25) is 0 Å². The van der Waals surface area contributed by atoms with E-state index >= 15 is 0 Å². The number of carbonyl (C=O) groups is 1. The van der Waals surface area contributed by atoms with E-state index in [-0.39, 0.29) is 12.0 Å². The van der Waals surface area contributed by atoms with Crippen molar-refractivity contribution >= 4 is 5.97 Å². The zero-order valence-electron chi connectivity index (χ0n) is 12.0. The van der Waals surface area contributed by atoms with Gasteiger partial charge < -0.3 is 5.11 Å². The lowest BCUT2D eigenvalue weighted by molar-refractivity contribution is -0.146. The quantitative estimate of drug-likeness (QED) is 0.822. The van der Waals surface area contributed by atoms with Crippen LogP contribution in [0.25, 0.3) is 0 Å². The van der Waals surface area contributed by atoms with Gasteiger partial charge in [-0.1, -0.05) is 20.8 Å². The Morgan fingerprint density at radius 1 is 1.22 bits per heavy atom. The van der Waals surface area contributed by atoms with Crippen molar-refractivity contribution in [1.82, 2.24) is 4.90 Å². The van der Waals surface area contributed by atoms with Crippen LogP contribution in [0.3, 0.4) is 0 Å². The van der Waals surface area contributed by atoms with E-state index in [1.807, 2.05) is 0 Å². The molecule has 3 heteroatoms. The second-order valence-corrected chi connectivity index (χ2v) is 7.13. The van der Waals surface area contributed by atoms with Gasteiger partial charge in [0.25, 0.3) is 0 Å². The van der Waals surface area contributed by atoms with Gasteiger partial charge in [0.1, 0.15) is 0 Å². The van der Waals surface area contributed by atoms with Crippen molar-refractivity contribution < 1.29 is 9.90 Å². The summed E-state index contributed by atoms with van der Waals surface area (Å²) in [7, 11) is 0. The molecule has 2 rings (SSSR count). The van der Waals surface area contributed by atoms with Gasteiger partial charge in [0, 0.05) is 6.04 Å². The maximum Gasteiger partial charge on any atom is 0.308 e. The van der Waals surface area contributed by atoms with Gasteiger partial charge in [0.05, 0.1) is 5.92 Å². The molecule has 3 atom stereocenters. The average Bonchev–Trinajstić information content (AvgIpc) is 2.28. The van der Waals surface area contributed by atoms with Gasteiger partial charge in [0.15, 0.2) is 0 Å². The third kappa shape index (κ3) is 3.05. The average molecular weight is 253 g/mol. The lowest BCUT2D eigenvalue weighted by Crippen LogP contribution is -2.50. The molecule has 0 radical (unpaired) electrons. The number of carboxylic acid groups (broad SMARTS) is 1. The van der Waals surface area contributed by atoms with Crippen molar-refractivity contribution in [3.8, 4) is 0 Å². The zero-order chi connectivity index (χ0) is 13.3. The molecule has 0 amide bonds. The summed E-state index contributed by atoms with van der Waals surface area (Å²) in [5.41, 5.74) is 0.440. The first kappa shape index (κ1) is 13.9. The number of nitrogens with zero attached hydrogens (tertiary/aromatic N) is 1. The van der Waals surface area contributed by atoms with Crippen LogP contribution in [0.1, 0.15) is 52.9 Å². The zero-order valence-corrected chi connectivity index (χ0v) is 12.0. The molecule has 0 aromatic heterocycles. The maximum atomic E-state index is 11.4. The molecule has 1 saturated carbocycles. The lowest BCUT2D eigenvalue weighted by Gasteiger charge is -2.45. The highest BCUT2D eigenvalue weighted by atomic mass is 16.4. The maximum absolute atomic E-state index is 11.4. The van der Waals surface area contributed by atoms with Crippen LogP contribution in [0, 0.1) is 17.3 Å². The molecule has 0 bridgehead atoms. The molecule has 0 spiro atoms. The van der Waals surface area contributed by atoms with Crippen molar-refractivity contribution in [1.29, 1.82) is 0 Å². The highest BCUT2D eigenvalue weighted by Gasteiger charge is 2.39. The van der Waals surface area contributed by atoms with E-state index in [4.69, 9.17) is 0 Å². The van der Waals surface area contributed by atoms with Gasteiger partial charge in [-0.15, -0.1) is 0 Å². The molecule has 1 N–H and O–H groups in total. The first-order valence-electron chi connectivity index (χ1n) is 7.36. The van der Waals surface area contributed by atoms with Crippen molar-refractivity contribution in [2.45, 2.75) is 58.9 Å². The van der Waals surface area contributed by atoms with Crippen molar-refractivity contribution in [3.05, 3.63) is 0 Å². The molecule has 0 aromatic carbocycles. The molecule has 1 saturated heterocycles. The van der Waals surface area contributed by atoms with Crippen LogP contribution in [-0.4, -0.2) is 35.1 Å². The molecule has 3 nitrogen and oxygen atoms in total. The van der Waals surface area contributed by atoms with Crippen LogP contribution in [0.4, 0.5) is 0 Å². The van der Waals surface area contributed by atoms with E-state index in [1.54, 1.807) is 0 Å². The minimum atomic E-state index is -0.586. The van der Waals surface area contributed by atoms with Gasteiger partial charge in [-0.2, -0.15) is 0 Å². The largest absolute Gasteiger partial charge is 0.481 e. The van der Waals surface area contributed by atoms with Gasteiger partial charge in [-0.05, 0) is 56.5 Å². The Balaban J connectivity index is 2.02. The Labute approximate surface area is 111 Å². The molecule has 18 heavy (non-hydrogen) atoms. The lowest BCUT2D eigenvalue weighted by atomic mass is 9.76. The number of rotatable bonds is 2. The van der Waals surface area contributed by atoms with E-state index in [2.05, 4.69) is 25.7 Å². The minimum absolute atomic E-state index is 0.137. The van der Waals surface area contributed by atoms with Crippen molar-refractivity contribution in [3.63, 3.8) is 0 Å². The third-order valence-corrected chi connectivity index (χ3v) is 5.02. The summed E-state index contributed by atoms with van der Waals surface area (Å²) in [6, 6.07) is 0.280. The van der Waals surface area contributed by atoms with E-state index in [9.17, 15) is 9.90 Å². The van der Waals surface area contributed by atoms with Crippen LogP contribution >= 0.6 is 0 Å². The van der Waals surface area contributed by atoms with Gasteiger partial charge in [-0.25, -0.2) is 0 Å². The Bertz CT molecular complexity index is 304. The monoisotopic (exact) mass is 253 g/mol. The van der Waals surface area contributed by atoms with Crippen LogP contribution in [0.2, 0.25) is 0 Å². The molecule has 0 aromatic rings. The summed E-state index contributed by atoms with van der Waals surface area (Å²) in [6.45, 7) is 9.06. The molecule has 1 aliphatic carbocycles. The van der Waals surface area contributed by atoms with Crippen LogP contribution in [0.15, 0.2) is 0 Å². The molecular formula is C15H27NO2. The minimum Gasteiger partial charge on any atom is -0.481 e. The fourth-order valence-corrected chi connectivity index (χ4v) is 3.50. The van der Waals surface area contributed by atoms with E-state index in [0.717, 1.165) is 32.4 Å². The van der Waals surface area contributed by atoms with Gasteiger partial charge >= 0.3 is 5.97 Å². The second-order valence-electron chi connectivity index (χ2n) is 7.13. The number of piperidine rings is 1. The fraction of sp³-hybridized carbons (Fsp3) is 0.933. The molecular weight excluding hydrogens is 226 g/mol. The summed E-state index contributed by atoms with van der Waals surface area (Å²) in [6.07, 6.45) is 5.40. The standard InChI is InChI=1S/C15H27NO2/c1-11-4-5-12(14(17)18)13(10-11)16-8-6-15(2,3)7-9-16/h11-13H,4-10H2,1-3H3,(H,17,18). The van der Waals surface area contributed by atoms with Crippen LogP contribution < -0.4 is 0 Å². The Morgan fingerprint density at radius 3 is 2.39 bits per heavy atom. The molecule has 1 aliphatic heterocycles.